The second kappa shape index (κ2) is 15.0. The Morgan fingerprint density at radius 2 is 1.60 bits per heavy atom. The predicted molar refractivity (Wildman–Crippen MR) is 64.2 cm³/mol. The Hall–Kier alpha value is 1.02. The SMILES string of the molecule is [CH2-]N(CCCCC)CCCCCNC.[Y]. The summed E-state index contributed by atoms with van der Waals surface area (Å²) in [7, 11) is 6.06. The van der Waals surface area contributed by atoms with Crippen LogP contribution in [0.2, 0.25) is 0 Å². The minimum Gasteiger partial charge on any atom is -0.459 e. The predicted octanol–water partition coefficient (Wildman–Crippen LogP) is 2.66. The number of hydrogen-bond donors (Lipinski definition) is 1. The van der Waals surface area contributed by atoms with Crippen LogP contribution in [0.3, 0.4) is 0 Å². The van der Waals surface area contributed by atoms with Gasteiger partial charge in [0.1, 0.15) is 0 Å². The first-order chi connectivity index (χ1) is 6.81. The third-order valence-corrected chi connectivity index (χ3v) is 2.48. The molecule has 0 saturated carbocycles. The second-order valence-corrected chi connectivity index (χ2v) is 3.99. The number of nitrogens with zero attached hydrogens (tertiary/aromatic N) is 1. The van der Waals surface area contributed by atoms with Crippen molar-refractivity contribution < 1.29 is 32.7 Å². The van der Waals surface area contributed by atoms with E-state index in [1.807, 2.05) is 7.05 Å². The molecule has 1 N–H and O–H groups in total. The van der Waals surface area contributed by atoms with Crippen LogP contribution in [-0.2, 0) is 32.7 Å². The van der Waals surface area contributed by atoms with E-state index in [9.17, 15) is 0 Å². The van der Waals surface area contributed by atoms with Gasteiger partial charge in [0.15, 0.2) is 0 Å². The molecule has 0 aliphatic rings. The van der Waals surface area contributed by atoms with Crippen LogP contribution >= 0.6 is 0 Å². The maximum Gasteiger partial charge on any atom is 0 e. The van der Waals surface area contributed by atoms with Gasteiger partial charge < -0.3 is 10.2 Å². The van der Waals surface area contributed by atoms with Gasteiger partial charge in [-0.15, -0.1) is 0 Å². The van der Waals surface area contributed by atoms with Crippen LogP contribution in [0.5, 0.6) is 0 Å². The second-order valence-electron chi connectivity index (χ2n) is 3.99. The largest absolute Gasteiger partial charge is 0.459 e. The Balaban J connectivity index is 0. The molecule has 0 atom stereocenters. The van der Waals surface area contributed by atoms with E-state index in [0.717, 1.165) is 13.1 Å². The number of nitrogens with one attached hydrogen (secondary N) is 1. The summed E-state index contributed by atoms with van der Waals surface area (Å²) in [4.78, 5) is 2.22. The molecule has 0 aromatic rings. The van der Waals surface area contributed by atoms with Gasteiger partial charge in [-0.1, -0.05) is 26.2 Å². The van der Waals surface area contributed by atoms with E-state index in [1.54, 1.807) is 0 Å². The van der Waals surface area contributed by atoms with Gasteiger partial charge in [0, 0.05) is 32.7 Å². The van der Waals surface area contributed by atoms with Crippen LogP contribution in [-0.4, -0.2) is 31.6 Å². The molecule has 0 amide bonds. The van der Waals surface area contributed by atoms with Crippen LogP contribution in [0.25, 0.3) is 0 Å². The van der Waals surface area contributed by atoms with Gasteiger partial charge in [-0.2, -0.15) is 0 Å². The van der Waals surface area contributed by atoms with Crippen molar-refractivity contribution in [3.05, 3.63) is 7.05 Å². The monoisotopic (exact) mass is 288 g/mol. The molecule has 3 heteroatoms. The molecule has 0 heterocycles. The quantitative estimate of drug-likeness (QED) is 0.491. The van der Waals surface area contributed by atoms with Gasteiger partial charge in [-0.25, -0.2) is 0 Å². The molecule has 1 radical (unpaired) electrons. The zero-order valence-electron chi connectivity index (χ0n) is 10.6. The summed E-state index contributed by atoms with van der Waals surface area (Å²) in [5.74, 6) is 0. The van der Waals surface area contributed by atoms with Gasteiger partial charge in [0.25, 0.3) is 0 Å². The fraction of sp³-hybridized carbons (Fsp3) is 0.917. The van der Waals surface area contributed by atoms with Gasteiger partial charge in [0.2, 0.25) is 0 Å². The fourth-order valence-corrected chi connectivity index (χ4v) is 1.51. The zero-order chi connectivity index (χ0) is 10.6. The van der Waals surface area contributed by atoms with Crippen molar-refractivity contribution in [1.29, 1.82) is 0 Å². The Bertz CT molecular complexity index is 110. The Labute approximate surface area is 121 Å². The van der Waals surface area contributed by atoms with Gasteiger partial charge >= 0.3 is 0 Å². The summed E-state index contributed by atoms with van der Waals surface area (Å²) in [6, 6.07) is 0. The molecular weight excluding hydrogens is 261 g/mol. The molecular formula is C12H27N2Y-. The molecule has 0 aromatic carbocycles. The van der Waals surface area contributed by atoms with E-state index in [1.165, 1.54) is 45.1 Å². The Kier molecular flexibility index (Phi) is 18.4. The maximum atomic E-state index is 4.05. The van der Waals surface area contributed by atoms with E-state index in [2.05, 4.69) is 24.2 Å². The van der Waals surface area contributed by atoms with Gasteiger partial charge in [0.05, 0.1) is 0 Å². The first-order valence-corrected chi connectivity index (χ1v) is 6.01. The van der Waals surface area contributed by atoms with Crippen molar-refractivity contribution in [3.8, 4) is 0 Å². The molecule has 0 aliphatic carbocycles. The molecule has 2 nitrogen and oxygen atoms in total. The van der Waals surface area contributed by atoms with E-state index >= 15 is 0 Å². The van der Waals surface area contributed by atoms with E-state index < -0.39 is 0 Å². The van der Waals surface area contributed by atoms with Crippen LogP contribution < -0.4 is 5.32 Å². The minimum atomic E-state index is 0. The van der Waals surface area contributed by atoms with Crippen LogP contribution in [0.4, 0.5) is 0 Å². The summed E-state index contributed by atoms with van der Waals surface area (Å²) in [6.07, 6.45) is 7.84. The molecule has 0 aromatic heterocycles. The van der Waals surface area contributed by atoms with Crippen molar-refractivity contribution in [2.24, 2.45) is 0 Å². The topological polar surface area (TPSA) is 15.3 Å². The van der Waals surface area contributed by atoms with Crippen LogP contribution in [0, 0.1) is 7.05 Å². The number of hydrogen-bond acceptors (Lipinski definition) is 2. The third-order valence-electron chi connectivity index (χ3n) is 2.48. The first-order valence-electron chi connectivity index (χ1n) is 6.01. The molecule has 89 valence electrons. The van der Waals surface area contributed by atoms with E-state index in [-0.39, 0.29) is 32.7 Å². The average Bonchev–Trinajstić information content (AvgIpc) is 2.18. The summed E-state index contributed by atoms with van der Waals surface area (Å²) in [5.41, 5.74) is 0. The Morgan fingerprint density at radius 1 is 1.00 bits per heavy atom. The molecule has 15 heavy (non-hydrogen) atoms. The maximum absolute atomic E-state index is 4.05. The fourth-order valence-electron chi connectivity index (χ4n) is 1.51. The standard InChI is InChI=1S/C12H27N2.Y/c1-4-5-8-11-14(3)12-9-6-7-10-13-2;/h13H,3-12H2,1-2H3;/q-1;. The van der Waals surface area contributed by atoms with Crippen molar-refractivity contribution in [2.45, 2.75) is 45.4 Å². The first kappa shape index (κ1) is 18.4. The number of rotatable bonds is 10. The molecule has 0 spiro atoms. The summed E-state index contributed by atoms with van der Waals surface area (Å²) in [6.45, 7) is 5.71. The summed E-state index contributed by atoms with van der Waals surface area (Å²) in [5, 5.41) is 3.17. The van der Waals surface area contributed by atoms with Gasteiger partial charge in [-0.05, 0) is 45.9 Å². The van der Waals surface area contributed by atoms with Gasteiger partial charge in [-0.3, -0.25) is 7.05 Å². The number of unbranched alkanes of at least 4 members (excludes halogenated alkanes) is 4. The molecule has 0 rings (SSSR count). The van der Waals surface area contributed by atoms with E-state index in [0.29, 0.717) is 0 Å². The molecule has 0 fully saturated rings. The zero-order valence-corrected chi connectivity index (χ0v) is 13.4. The molecule has 0 unspecified atom stereocenters. The van der Waals surface area contributed by atoms with Crippen LogP contribution in [0.1, 0.15) is 45.4 Å². The molecule has 0 bridgehead atoms. The Morgan fingerprint density at radius 3 is 2.13 bits per heavy atom. The van der Waals surface area contributed by atoms with Crippen molar-refractivity contribution in [3.63, 3.8) is 0 Å². The van der Waals surface area contributed by atoms with Crippen LogP contribution in [0.15, 0.2) is 0 Å². The van der Waals surface area contributed by atoms with E-state index in [4.69, 9.17) is 0 Å². The summed E-state index contributed by atoms with van der Waals surface area (Å²) < 4.78 is 0. The average molecular weight is 288 g/mol. The van der Waals surface area contributed by atoms with Crippen molar-refractivity contribution in [1.82, 2.24) is 10.2 Å². The van der Waals surface area contributed by atoms with Crippen molar-refractivity contribution >= 4 is 0 Å². The molecule has 0 aliphatic heterocycles. The minimum absolute atomic E-state index is 0. The third kappa shape index (κ3) is 15.0. The smallest absolute Gasteiger partial charge is 0 e. The summed E-state index contributed by atoms with van der Waals surface area (Å²) >= 11 is 0. The van der Waals surface area contributed by atoms with Crippen molar-refractivity contribution in [2.75, 3.05) is 26.7 Å². The normalized spacial score (nSPS) is 10.4. The molecule has 0 saturated heterocycles.